The number of benzene rings is 1. The second kappa shape index (κ2) is 9.48. The van der Waals surface area contributed by atoms with E-state index in [0.717, 1.165) is 25.7 Å². The van der Waals surface area contributed by atoms with Crippen LogP contribution < -0.4 is 4.72 Å². The molecule has 0 unspecified atom stereocenters. The number of nitrogens with one attached hydrogen (secondary N) is 1. The van der Waals surface area contributed by atoms with Gasteiger partial charge in [-0.05, 0) is 37.0 Å². The highest BCUT2D eigenvalue weighted by Crippen LogP contribution is 2.25. The third kappa shape index (κ3) is 6.07. The second-order valence-corrected chi connectivity index (χ2v) is 8.81. The number of aliphatic carboxylic acids is 1. The number of hydrogen-bond donors (Lipinski definition) is 2. The SMILES string of the molecule is O=C(O)CCC(=O)c1ccc(Cl)c(S(=O)(=O)NCC2CCCCCC2)c1. The molecule has 2 rings (SSSR count). The molecule has 0 spiro atoms. The van der Waals surface area contributed by atoms with Crippen molar-refractivity contribution < 1.29 is 23.1 Å². The minimum Gasteiger partial charge on any atom is -0.481 e. The van der Waals surface area contributed by atoms with Crippen LogP contribution in [0.15, 0.2) is 23.1 Å². The second-order valence-electron chi connectivity index (χ2n) is 6.67. The van der Waals surface area contributed by atoms with E-state index in [4.69, 9.17) is 16.7 Å². The summed E-state index contributed by atoms with van der Waals surface area (Å²) in [7, 11) is -3.84. The molecule has 0 heterocycles. The lowest BCUT2D eigenvalue weighted by Crippen LogP contribution is -2.29. The maximum atomic E-state index is 12.6. The van der Waals surface area contributed by atoms with E-state index < -0.39 is 21.8 Å². The minimum atomic E-state index is -3.84. The van der Waals surface area contributed by atoms with Crippen molar-refractivity contribution in [2.75, 3.05) is 6.54 Å². The van der Waals surface area contributed by atoms with Gasteiger partial charge in [-0.25, -0.2) is 13.1 Å². The summed E-state index contributed by atoms with van der Waals surface area (Å²) in [5.41, 5.74) is 0.144. The Morgan fingerprint density at radius 1 is 1.12 bits per heavy atom. The highest BCUT2D eigenvalue weighted by atomic mass is 35.5. The van der Waals surface area contributed by atoms with Gasteiger partial charge in [-0.15, -0.1) is 0 Å². The van der Waals surface area contributed by atoms with Crippen molar-refractivity contribution in [3.8, 4) is 0 Å². The Labute approximate surface area is 159 Å². The molecule has 26 heavy (non-hydrogen) atoms. The van der Waals surface area contributed by atoms with Crippen molar-refractivity contribution in [1.82, 2.24) is 4.72 Å². The molecule has 0 aromatic heterocycles. The molecule has 6 nitrogen and oxygen atoms in total. The van der Waals surface area contributed by atoms with E-state index in [0.29, 0.717) is 12.5 Å². The van der Waals surface area contributed by atoms with Crippen LogP contribution in [-0.4, -0.2) is 31.8 Å². The van der Waals surface area contributed by atoms with E-state index in [1.807, 2.05) is 0 Å². The number of Topliss-reactive ketones (excluding diaryl/α,β-unsaturated/α-hetero) is 1. The third-order valence-electron chi connectivity index (χ3n) is 4.65. The van der Waals surface area contributed by atoms with Crippen LogP contribution in [0, 0.1) is 5.92 Å². The Morgan fingerprint density at radius 2 is 1.77 bits per heavy atom. The van der Waals surface area contributed by atoms with Crippen LogP contribution in [0.3, 0.4) is 0 Å². The summed E-state index contributed by atoms with van der Waals surface area (Å²) in [4.78, 5) is 22.5. The van der Waals surface area contributed by atoms with E-state index in [9.17, 15) is 18.0 Å². The average Bonchev–Trinajstić information content (AvgIpc) is 2.87. The average molecular weight is 402 g/mol. The number of rotatable bonds is 8. The molecular weight excluding hydrogens is 378 g/mol. The molecule has 1 aromatic rings. The molecule has 2 N–H and O–H groups in total. The number of carboxylic acids is 1. The van der Waals surface area contributed by atoms with Gasteiger partial charge < -0.3 is 5.11 Å². The van der Waals surface area contributed by atoms with Gasteiger partial charge in [0.2, 0.25) is 10.0 Å². The molecule has 0 bridgehead atoms. The molecule has 1 saturated carbocycles. The standard InChI is InChI=1S/C18H24ClNO5S/c19-15-8-7-14(16(21)9-10-18(22)23)11-17(15)26(24,25)20-12-13-5-3-1-2-4-6-13/h7-8,11,13,20H,1-6,9-10,12H2,(H,22,23). The highest BCUT2D eigenvalue weighted by molar-refractivity contribution is 7.89. The van der Waals surface area contributed by atoms with E-state index in [1.165, 1.54) is 31.0 Å². The fourth-order valence-electron chi connectivity index (χ4n) is 3.12. The molecule has 0 atom stereocenters. The molecule has 144 valence electrons. The minimum absolute atomic E-state index is 0.0353. The lowest BCUT2D eigenvalue weighted by Gasteiger charge is -2.16. The smallest absolute Gasteiger partial charge is 0.303 e. The number of carbonyl (C=O) groups excluding carboxylic acids is 1. The van der Waals surface area contributed by atoms with Crippen molar-refractivity contribution in [1.29, 1.82) is 0 Å². The van der Waals surface area contributed by atoms with Crippen molar-refractivity contribution >= 4 is 33.4 Å². The predicted octanol–water partition coefficient (Wildman–Crippen LogP) is 3.64. The largest absolute Gasteiger partial charge is 0.481 e. The number of carboxylic acid groups (broad SMARTS) is 1. The first-order valence-corrected chi connectivity index (χ1v) is 10.7. The Balaban J connectivity index is 2.10. The van der Waals surface area contributed by atoms with Gasteiger partial charge in [0, 0.05) is 18.5 Å². The molecular formula is C18H24ClNO5S. The van der Waals surface area contributed by atoms with Crippen LogP contribution in [0.5, 0.6) is 0 Å². The molecule has 1 aliphatic rings. The predicted molar refractivity (Wildman–Crippen MR) is 99.0 cm³/mol. The van der Waals surface area contributed by atoms with Gasteiger partial charge in [0.1, 0.15) is 4.90 Å². The molecule has 0 saturated heterocycles. The van der Waals surface area contributed by atoms with Gasteiger partial charge >= 0.3 is 5.97 Å². The molecule has 0 radical (unpaired) electrons. The summed E-state index contributed by atoms with van der Waals surface area (Å²) in [6, 6.07) is 3.99. The van der Waals surface area contributed by atoms with Gasteiger partial charge in [-0.3, -0.25) is 9.59 Å². The van der Waals surface area contributed by atoms with Gasteiger partial charge in [0.25, 0.3) is 0 Å². The Bertz CT molecular complexity index is 755. The Morgan fingerprint density at radius 3 is 2.38 bits per heavy atom. The topological polar surface area (TPSA) is 101 Å². The van der Waals surface area contributed by atoms with E-state index in [-0.39, 0.29) is 28.3 Å². The van der Waals surface area contributed by atoms with Crippen LogP contribution in [0.1, 0.15) is 61.7 Å². The van der Waals surface area contributed by atoms with Crippen LogP contribution in [0.4, 0.5) is 0 Å². The summed E-state index contributed by atoms with van der Waals surface area (Å²) in [6.45, 7) is 0.357. The normalized spacial score (nSPS) is 16.2. The van der Waals surface area contributed by atoms with E-state index >= 15 is 0 Å². The maximum absolute atomic E-state index is 12.6. The lowest BCUT2D eigenvalue weighted by molar-refractivity contribution is -0.136. The number of halogens is 1. The highest BCUT2D eigenvalue weighted by Gasteiger charge is 2.22. The molecule has 1 fully saturated rings. The summed E-state index contributed by atoms with van der Waals surface area (Å²) in [6.07, 6.45) is 6.12. The van der Waals surface area contributed by atoms with Gasteiger partial charge in [-0.2, -0.15) is 0 Å². The zero-order chi connectivity index (χ0) is 19.2. The van der Waals surface area contributed by atoms with Gasteiger partial charge in [0.15, 0.2) is 5.78 Å². The lowest BCUT2D eigenvalue weighted by atomic mass is 10.0. The van der Waals surface area contributed by atoms with Crippen molar-refractivity contribution in [2.24, 2.45) is 5.92 Å². The first-order chi connectivity index (χ1) is 12.3. The number of hydrogen-bond acceptors (Lipinski definition) is 4. The van der Waals surface area contributed by atoms with Crippen molar-refractivity contribution in [3.63, 3.8) is 0 Å². The zero-order valence-corrected chi connectivity index (χ0v) is 16.1. The first-order valence-electron chi connectivity index (χ1n) is 8.84. The van der Waals surface area contributed by atoms with Crippen molar-refractivity contribution in [3.05, 3.63) is 28.8 Å². The molecule has 0 amide bonds. The van der Waals surface area contributed by atoms with Crippen LogP contribution in [0.2, 0.25) is 5.02 Å². The summed E-state index contributed by atoms with van der Waals surface area (Å²) in [5.74, 6) is -1.19. The van der Waals surface area contributed by atoms with Crippen LogP contribution >= 0.6 is 11.6 Å². The van der Waals surface area contributed by atoms with Gasteiger partial charge in [0.05, 0.1) is 11.4 Å². The first kappa shape index (κ1) is 20.9. The molecule has 1 aliphatic carbocycles. The van der Waals surface area contributed by atoms with Crippen LogP contribution in [0.25, 0.3) is 0 Å². The third-order valence-corrected chi connectivity index (χ3v) is 6.55. The maximum Gasteiger partial charge on any atom is 0.303 e. The van der Waals surface area contributed by atoms with E-state index in [1.54, 1.807) is 0 Å². The summed E-state index contributed by atoms with van der Waals surface area (Å²) in [5, 5.41) is 8.71. The van der Waals surface area contributed by atoms with E-state index in [2.05, 4.69) is 4.72 Å². The van der Waals surface area contributed by atoms with Crippen LogP contribution in [-0.2, 0) is 14.8 Å². The number of carbonyl (C=O) groups is 2. The fourth-order valence-corrected chi connectivity index (χ4v) is 4.76. The number of sulfonamides is 1. The summed E-state index contributed by atoms with van der Waals surface area (Å²) >= 11 is 6.04. The van der Waals surface area contributed by atoms with Crippen molar-refractivity contribution in [2.45, 2.75) is 56.3 Å². The quantitative estimate of drug-likeness (QED) is 0.511. The fraction of sp³-hybridized carbons (Fsp3) is 0.556. The Hall–Kier alpha value is -1.44. The molecule has 0 aliphatic heterocycles. The van der Waals surface area contributed by atoms with Gasteiger partial charge in [-0.1, -0.05) is 37.3 Å². The number of ketones is 1. The molecule has 8 heteroatoms. The Kier molecular flexibility index (Phi) is 7.61. The molecule has 1 aromatic carbocycles. The monoisotopic (exact) mass is 401 g/mol. The summed E-state index contributed by atoms with van der Waals surface area (Å²) < 4.78 is 27.9. The zero-order valence-electron chi connectivity index (χ0n) is 14.5.